The van der Waals surface area contributed by atoms with Gasteiger partial charge in [-0.3, -0.25) is 9.59 Å². The van der Waals surface area contributed by atoms with Crippen LogP contribution in [0.25, 0.3) is 5.43 Å². The van der Waals surface area contributed by atoms with Crippen LogP contribution in [0.3, 0.4) is 0 Å². The molecule has 0 spiro atoms. The molecule has 0 aliphatic carbocycles. The molecule has 0 aromatic heterocycles. The Morgan fingerprint density at radius 3 is 2.61 bits per heavy atom. The van der Waals surface area contributed by atoms with Gasteiger partial charge in [0.1, 0.15) is 0 Å². The van der Waals surface area contributed by atoms with Crippen LogP contribution in [-0.2, 0) is 9.59 Å². The molecule has 6 nitrogen and oxygen atoms in total. The minimum absolute atomic E-state index is 0. The van der Waals surface area contributed by atoms with E-state index in [1.165, 1.54) is 0 Å². The molecule has 0 unspecified atom stereocenters. The average molecular weight is 367 g/mol. The summed E-state index contributed by atoms with van der Waals surface area (Å²) in [7, 11) is 3.36. The van der Waals surface area contributed by atoms with Crippen molar-refractivity contribution >= 4 is 29.6 Å². The standard InChI is InChI=1S/C9H12ClN2.C6H12N2O2.K/c1-3-12(11-2)9-6-4-5-8(10)7-9;1-7-6(10)3-2-4-8-5-9;/h4-7H,3H2,1-2H3;5H,2-4H2,1H3,(H,7,10)(H,8,9);/q-1;;+1. The Morgan fingerprint density at radius 2 is 2.13 bits per heavy atom. The van der Waals surface area contributed by atoms with E-state index in [1.54, 1.807) is 14.1 Å². The molecule has 0 radical (unpaired) electrons. The predicted molar refractivity (Wildman–Crippen MR) is 91.1 cm³/mol. The van der Waals surface area contributed by atoms with Crippen LogP contribution in [0.5, 0.6) is 0 Å². The number of rotatable bonds is 8. The Balaban J connectivity index is 0. The molecule has 0 atom stereocenters. The molecule has 1 rings (SSSR count). The summed E-state index contributed by atoms with van der Waals surface area (Å²) in [5.41, 5.74) is 5.13. The van der Waals surface area contributed by atoms with Gasteiger partial charge in [0, 0.05) is 30.7 Å². The summed E-state index contributed by atoms with van der Waals surface area (Å²) < 4.78 is 0. The minimum atomic E-state index is 0. The summed E-state index contributed by atoms with van der Waals surface area (Å²) in [4.78, 5) is 20.3. The van der Waals surface area contributed by atoms with Gasteiger partial charge in [0.05, 0.1) is 0 Å². The van der Waals surface area contributed by atoms with Crippen molar-refractivity contribution in [1.82, 2.24) is 10.6 Å². The summed E-state index contributed by atoms with van der Waals surface area (Å²) >= 11 is 5.83. The average Bonchev–Trinajstić information content (AvgIpc) is 2.53. The fraction of sp³-hybridized carbons (Fsp3) is 0.467. The van der Waals surface area contributed by atoms with Crippen molar-refractivity contribution in [2.24, 2.45) is 0 Å². The monoisotopic (exact) mass is 366 g/mol. The number of carbonyl (C=O) groups excluding carboxylic acids is 2. The van der Waals surface area contributed by atoms with Crippen LogP contribution in [0, 0.1) is 0 Å². The Bertz CT molecular complexity index is 445. The van der Waals surface area contributed by atoms with E-state index in [-0.39, 0.29) is 57.3 Å². The Kier molecular flexibility index (Phi) is 18.2. The molecule has 0 saturated heterocycles. The number of anilines is 1. The van der Waals surface area contributed by atoms with Crippen LogP contribution in [0.4, 0.5) is 5.69 Å². The van der Waals surface area contributed by atoms with Crippen LogP contribution in [0.1, 0.15) is 19.8 Å². The van der Waals surface area contributed by atoms with Gasteiger partial charge in [0.2, 0.25) is 12.3 Å². The molecule has 0 saturated carbocycles. The largest absolute Gasteiger partial charge is 1.00 e. The van der Waals surface area contributed by atoms with Gasteiger partial charge in [-0.1, -0.05) is 17.7 Å². The third-order valence-electron chi connectivity index (χ3n) is 2.73. The Morgan fingerprint density at radius 1 is 1.43 bits per heavy atom. The maximum absolute atomic E-state index is 10.5. The molecule has 0 bridgehead atoms. The van der Waals surface area contributed by atoms with Crippen molar-refractivity contribution in [3.63, 3.8) is 0 Å². The molecule has 124 valence electrons. The molecule has 1 aromatic rings. The maximum Gasteiger partial charge on any atom is 1.00 e. The van der Waals surface area contributed by atoms with Gasteiger partial charge in [-0.25, -0.2) is 0 Å². The smallest absolute Gasteiger partial charge is 0.571 e. The molecule has 0 heterocycles. The first-order chi connectivity index (χ1) is 10.6. The van der Waals surface area contributed by atoms with Crippen LogP contribution in [0.2, 0.25) is 5.02 Å². The number of benzene rings is 1. The second-order valence-electron chi connectivity index (χ2n) is 4.24. The number of hydrogen-bond donors (Lipinski definition) is 2. The first kappa shape index (κ1) is 25.1. The van der Waals surface area contributed by atoms with E-state index in [1.807, 2.05) is 36.2 Å². The number of hydrogen-bond acceptors (Lipinski definition) is 3. The van der Waals surface area contributed by atoms with Gasteiger partial charge < -0.3 is 21.1 Å². The number of carbonyl (C=O) groups is 2. The number of nitrogens with one attached hydrogen (secondary N) is 2. The first-order valence-electron chi connectivity index (χ1n) is 7.09. The van der Waals surface area contributed by atoms with E-state index < -0.39 is 0 Å². The second-order valence-corrected chi connectivity index (χ2v) is 4.68. The van der Waals surface area contributed by atoms with E-state index in [9.17, 15) is 9.59 Å². The van der Waals surface area contributed by atoms with Crippen molar-refractivity contribution < 1.29 is 61.0 Å². The molecule has 23 heavy (non-hydrogen) atoms. The number of halogens is 1. The SMILES string of the molecule is CCN([N-]C)c1cccc(Cl)c1.CNC(=O)CCCNC=O.[K+]. The van der Waals surface area contributed by atoms with Gasteiger partial charge in [0.15, 0.2) is 0 Å². The zero-order chi connectivity index (χ0) is 16.8. The summed E-state index contributed by atoms with van der Waals surface area (Å²) in [6.07, 6.45) is 1.79. The molecular formula is C15H24ClKN4O2. The third-order valence-corrected chi connectivity index (χ3v) is 2.97. The van der Waals surface area contributed by atoms with Crippen LogP contribution < -0.4 is 67.0 Å². The van der Waals surface area contributed by atoms with Crippen molar-refractivity contribution in [1.29, 1.82) is 0 Å². The second kappa shape index (κ2) is 16.7. The topological polar surface area (TPSA) is 75.5 Å². The van der Waals surface area contributed by atoms with Crippen LogP contribution in [-0.4, -0.2) is 39.5 Å². The van der Waals surface area contributed by atoms with E-state index in [2.05, 4.69) is 16.1 Å². The van der Waals surface area contributed by atoms with Crippen LogP contribution in [0.15, 0.2) is 24.3 Å². The minimum Gasteiger partial charge on any atom is -0.571 e. The van der Waals surface area contributed by atoms with E-state index in [0.29, 0.717) is 25.8 Å². The predicted octanol–water partition coefficient (Wildman–Crippen LogP) is -0.653. The summed E-state index contributed by atoms with van der Waals surface area (Å²) in [6, 6.07) is 7.67. The zero-order valence-electron chi connectivity index (χ0n) is 14.3. The van der Waals surface area contributed by atoms with Gasteiger partial charge in [-0.05, 0) is 38.1 Å². The Hall–Kier alpha value is -0.154. The van der Waals surface area contributed by atoms with E-state index >= 15 is 0 Å². The molecule has 2 amide bonds. The van der Waals surface area contributed by atoms with Gasteiger partial charge in [-0.15, -0.1) is 7.05 Å². The van der Waals surface area contributed by atoms with E-state index in [4.69, 9.17) is 11.6 Å². The Labute approximate surface area is 186 Å². The quantitative estimate of drug-likeness (QED) is 0.278. The molecular weight excluding hydrogens is 343 g/mol. The van der Waals surface area contributed by atoms with Crippen molar-refractivity contribution in [3.8, 4) is 0 Å². The fourth-order valence-corrected chi connectivity index (χ4v) is 1.80. The summed E-state index contributed by atoms with van der Waals surface area (Å²) in [6.45, 7) is 3.47. The van der Waals surface area contributed by atoms with Crippen molar-refractivity contribution in [2.45, 2.75) is 19.8 Å². The number of nitrogens with zero attached hydrogens (tertiary/aromatic N) is 2. The molecule has 0 aliphatic heterocycles. The van der Waals surface area contributed by atoms with Gasteiger partial charge in [0.25, 0.3) is 0 Å². The van der Waals surface area contributed by atoms with Gasteiger partial charge in [-0.2, -0.15) is 0 Å². The fourth-order valence-electron chi connectivity index (χ4n) is 1.61. The number of amides is 2. The van der Waals surface area contributed by atoms with Gasteiger partial charge >= 0.3 is 51.4 Å². The molecule has 8 heteroatoms. The van der Waals surface area contributed by atoms with Crippen molar-refractivity contribution in [3.05, 3.63) is 34.7 Å². The molecule has 1 aromatic carbocycles. The zero-order valence-corrected chi connectivity index (χ0v) is 18.2. The molecule has 2 N–H and O–H groups in total. The maximum atomic E-state index is 10.5. The van der Waals surface area contributed by atoms with Crippen LogP contribution >= 0.6 is 11.6 Å². The first-order valence-corrected chi connectivity index (χ1v) is 7.47. The molecule has 0 fully saturated rings. The van der Waals surface area contributed by atoms with Crippen molar-refractivity contribution in [2.75, 3.05) is 32.2 Å². The summed E-state index contributed by atoms with van der Waals surface area (Å²) in [5, 5.41) is 7.59. The normalized spacial score (nSPS) is 8.87. The summed E-state index contributed by atoms with van der Waals surface area (Å²) in [5.74, 6) is 0.00713. The molecule has 0 aliphatic rings. The van der Waals surface area contributed by atoms with E-state index in [0.717, 1.165) is 17.3 Å². The third kappa shape index (κ3) is 12.9.